The first-order chi connectivity index (χ1) is 8.78. The maximum absolute atomic E-state index is 12.0. The fraction of sp³-hybridized carbons (Fsp3) is 0.133. The molecule has 1 heterocycles. The zero-order valence-electron chi connectivity index (χ0n) is 10.0. The van der Waals surface area contributed by atoms with Gasteiger partial charge >= 0.3 is 0 Å². The number of nitrogens with one attached hydrogen (secondary N) is 1. The van der Waals surface area contributed by atoms with E-state index in [-0.39, 0.29) is 5.91 Å². The van der Waals surface area contributed by atoms with Crippen molar-refractivity contribution >= 4 is 5.91 Å². The van der Waals surface area contributed by atoms with Crippen molar-refractivity contribution in [3.8, 4) is 0 Å². The molecule has 90 valence electrons. The van der Waals surface area contributed by atoms with Gasteiger partial charge in [-0.1, -0.05) is 48.5 Å². The van der Waals surface area contributed by atoms with E-state index in [1.165, 1.54) is 0 Å². The smallest absolute Gasteiger partial charge is 0.254 e. The van der Waals surface area contributed by atoms with Gasteiger partial charge in [-0.25, -0.2) is 0 Å². The normalized spacial score (nSPS) is 21.5. The van der Waals surface area contributed by atoms with E-state index in [1.54, 1.807) is 7.11 Å². The molecule has 3 heteroatoms. The number of carbonyl (C=O) groups is 1. The molecule has 0 radical (unpaired) electrons. The zero-order chi connectivity index (χ0) is 12.6. The summed E-state index contributed by atoms with van der Waals surface area (Å²) in [5.74, 6) is -0.101. The van der Waals surface area contributed by atoms with E-state index in [0.717, 1.165) is 11.1 Å². The molecule has 0 saturated heterocycles. The monoisotopic (exact) mass is 239 g/mol. The quantitative estimate of drug-likeness (QED) is 0.873. The largest absolute Gasteiger partial charge is 0.351 e. The van der Waals surface area contributed by atoms with Gasteiger partial charge in [-0.2, -0.15) is 0 Å². The minimum atomic E-state index is -0.866. The third kappa shape index (κ3) is 1.38. The van der Waals surface area contributed by atoms with Crippen LogP contribution in [-0.4, -0.2) is 13.0 Å². The molecule has 3 rings (SSSR count). The summed E-state index contributed by atoms with van der Waals surface area (Å²) in [5.41, 5.74) is 1.59. The first-order valence-electron chi connectivity index (χ1n) is 5.80. The lowest BCUT2D eigenvalue weighted by atomic mass is 9.94. The van der Waals surface area contributed by atoms with E-state index in [0.29, 0.717) is 5.56 Å². The van der Waals surface area contributed by atoms with Crippen LogP contribution >= 0.6 is 0 Å². The Bertz CT molecular complexity index is 594. The third-order valence-corrected chi connectivity index (χ3v) is 3.33. The van der Waals surface area contributed by atoms with Crippen LogP contribution in [0.5, 0.6) is 0 Å². The van der Waals surface area contributed by atoms with Crippen LogP contribution in [0.25, 0.3) is 0 Å². The maximum atomic E-state index is 12.0. The van der Waals surface area contributed by atoms with Crippen molar-refractivity contribution in [2.24, 2.45) is 0 Å². The van der Waals surface area contributed by atoms with Gasteiger partial charge in [0.2, 0.25) is 0 Å². The topological polar surface area (TPSA) is 38.3 Å². The summed E-state index contributed by atoms with van der Waals surface area (Å²) < 4.78 is 5.65. The molecule has 1 aliphatic rings. The van der Waals surface area contributed by atoms with E-state index in [9.17, 15) is 4.79 Å². The summed E-state index contributed by atoms with van der Waals surface area (Å²) in [4.78, 5) is 12.0. The second-order valence-corrected chi connectivity index (χ2v) is 4.25. The number of benzene rings is 2. The molecule has 1 N–H and O–H groups in total. The van der Waals surface area contributed by atoms with E-state index < -0.39 is 5.72 Å². The molecule has 1 amide bonds. The number of methoxy groups -OCH3 is 1. The van der Waals surface area contributed by atoms with Crippen LogP contribution < -0.4 is 5.32 Å². The van der Waals surface area contributed by atoms with Gasteiger partial charge in [-0.05, 0) is 6.07 Å². The van der Waals surface area contributed by atoms with Crippen LogP contribution in [0.1, 0.15) is 21.5 Å². The van der Waals surface area contributed by atoms with Crippen molar-refractivity contribution in [2.45, 2.75) is 5.72 Å². The van der Waals surface area contributed by atoms with Gasteiger partial charge in [-0.15, -0.1) is 0 Å². The lowest BCUT2D eigenvalue weighted by Gasteiger charge is -2.29. The van der Waals surface area contributed by atoms with E-state index in [1.807, 2.05) is 54.6 Å². The van der Waals surface area contributed by atoms with Gasteiger partial charge in [0.25, 0.3) is 5.91 Å². The lowest BCUT2D eigenvalue weighted by molar-refractivity contribution is 0.00335. The molecule has 0 bridgehead atoms. The number of amides is 1. The molecule has 0 aliphatic carbocycles. The number of hydrogen-bond acceptors (Lipinski definition) is 2. The highest BCUT2D eigenvalue weighted by Crippen LogP contribution is 2.37. The molecule has 1 atom stereocenters. The molecule has 3 nitrogen and oxygen atoms in total. The number of fused-ring (bicyclic) bond motifs is 1. The van der Waals surface area contributed by atoms with E-state index in [4.69, 9.17) is 4.74 Å². The van der Waals surface area contributed by atoms with Crippen LogP contribution in [0.15, 0.2) is 54.6 Å². The SMILES string of the molecule is COC1(c2ccccc2)NC(=O)c2ccccc21. The van der Waals surface area contributed by atoms with Crippen LogP contribution in [0.4, 0.5) is 0 Å². The number of carbonyl (C=O) groups excluding carboxylic acids is 1. The predicted molar refractivity (Wildman–Crippen MR) is 68.1 cm³/mol. The Hall–Kier alpha value is -2.13. The van der Waals surface area contributed by atoms with Crippen molar-refractivity contribution in [3.05, 3.63) is 71.3 Å². The molecule has 0 aromatic heterocycles. The van der Waals surface area contributed by atoms with Crippen molar-refractivity contribution in [1.29, 1.82) is 0 Å². The van der Waals surface area contributed by atoms with Gasteiger partial charge in [0.05, 0.1) is 0 Å². The summed E-state index contributed by atoms with van der Waals surface area (Å²) in [6, 6.07) is 17.2. The molecule has 2 aromatic rings. The average Bonchev–Trinajstić information content (AvgIpc) is 2.74. The summed E-state index contributed by atoms with van der Waals surface area (Å²) in [7, 11) is 1.61. The van der Waals surface area contributed by atoms with Crippen molar-refractivity contribution < 1.29 is 9.53 Å². The maximum Gasteiger partial charge on any atom is 0.254 e. The molecule has 1 unspecified atom stereocenters. The minimum absolute atomic E-state index is 0.101. The first-order valence-corrected chi connectivity index (χ1v) is 5.80. The summed E-state index contributed by atoms with van der Waals surface area (Å²) in [6.07, 6.45) is 0. The number of hydrogen-bond donors (Lipinski definition) is 1. The highest BCUT2D eigenvalue weighted by molar-refractivity contribution is 6.00. The molecule has 18 heavy (non-hydrogen) atoms. The van der Waals surface area contributed by atoms with Crippen molar-refractivity contribution in [2.75, 3.05) is 7.11 Å². The third-order valence-electron chi connectivity index (χ3n) is 3.33. The fourth-order valence-corrected chi connectivity index (χ4v) is 2.46. The Labute approximate surface area is 105 Å². The Morgan fingerprint density at radius 3 is 2.39 bits per heavy atom. The van der Waals surface area contributed by atoms with Gasteiger partial charge in [-0.3, -0.25) is 4.79 Å². The molecule has 1 aliphatic heterocycles. The van der Waals surface area contributed by atoms with E-state index >= 15 is 0 Å². The highest BCUT2D eigenvalue weighted by Gasteiger charge is 2.44. The second-order valence-electron chi connectivity index (χ2n) is 4.25. The Morgan fingerprint density at radius 2 is 1.67 bits per heavy atom. The van der Waals surface area contributed by atoms with Crippen LogP contribution in [0.3, 0.4) is 0 Å². The Kier molecular flexibility index (Phi) is 2.42. The molecular formula is C15H13NO2. The standard InChI is InChI=1S/C15H13NO2/c1-18-15(11-7-3-2-4-8-11)13-10-6-5-9-12(13)14(17)16-15/h2-10H,1H3,(H,16,17). The van der Waals surface area contributed by atoms with Gasteiger partial charge in [0.15, 0.2) is 5.72 Å². The molecular weight excluding hydrogens is 226 g/mol. The average molecular weight is 239 g/mol. The molecule has 0 spiro atoms. The van der Waals surface area contributed by atoms with Crippen LogP contribution in [0.2, 0.25) is 0 Å². The van der Waals surface area contributed by atoms with Crippen LogP contribution in [-0.2, 0) is 10.5 Å². The Morgan fingerprint density at radius 1 is 1.00 bits per heavy atom. The van der Waals surface area contributed by atoms with Gasteiger partial charge in [0, 0.05) is 23.8 Å². The fourth-order valence-electron chi connectivity index (χ4n) is 2.46. The molecule has 0 fully saturated rings. The number of ether oxygens (including phenoxy) is 1. The van der Waals surface area contributed by atoms with Crippen LogP contribution in [0, 0.1) is 0 Å². The molecule has 0 saturated carbocycles. The van der Waals surface area contributed by atoms with Gasteiger partial charge < -0.3 is 10.1 Å². The zero-order valence-corrected chi connectivity index (χ0v) is 10.0. The summed E-state index contributed by atoms with van der Waals surface area (Å²) >= 11 is 0. The minimum Gasteiger partial charge on any atom is -0.351 e. The summed E-state index contributed by atoms with van der Waals surface area (Å²) in [5, 5.41) is 2.94. The lowest BCUT2D eigenvalue weighted by Crippen LogP contribution is -2.42. The van der Waals surface area contributed by atoms with Gasteiger partial charge in [0.1, 0.15) is 0 Å². The number of rotatable bonds is 2. The predicted octanol–water partition coefficient (Wildman–Crippen LogP) is 2.28. The van der Waals surface area contributed by atoms with Crippen molar-refractivity contribution in [3.63, 3.8) is 0 Å². The van der Waals surface area contributed by atoms with E-state index in [2.05, 4.69) is 5.32 Å². The Balaban J connectivity index is 2.24. The first kappa shape index (κ1) is 11.0. The van der Waals surface area contributed by atoms with Crippen molar-refractivity contribution in [1.82, 2.24) is 5.32 Å². The summed E-state index contributed by atoms with van der Waals surface area (Å²) in [6.45, 7) is 0. The highest BCUT2D eigenvalue weighted by atomic mass is 16.5. The second kappa shape index (κ2) is 3.96. The molecule has 2 aromatic carbocycles.